The van der Waals surface area contributed by atoms with Crippen LogP contribution in [0.25, 0.3) is 0 Å². The Kier molecular flexibility index (Phi) is 10.1. The number of nitrogens with one attached hydrogen (secondary N) is 3. The highest BCUT2D eigenvalue weighted by Gasteiger charge is 2.48. The Labute approximate surface area is 193 Å². The van der Waals surface area contributed by atoms with Crippen molar-refractivity contribution >= 4 is 29.5 Å². The average molecular weight is 463 g/mol. The van der Waals surface area contributed by atoms with Crippen LogP contribution in [-0.4, -0.2) is 48.1 Å². The maximum Gasteiger partial charge on any atom is 0.321 e. The van der Waals surface area contributed by atoms with E-state index in [2.05, 4.69) is 16.0 Å². The van der Waals surface area contributed by atoms with E-state index in [9.17, 15) is 24.3 Å². The summed E-state index contributed by atoms with van der Waals surface area (Å²) in [5.74, 6) is -1.52. The molecule has 10 nitrogen and oxygen atoms in total. The Bertz CT molecular complexity index is 821. The molecule has 0 aliphatic heterocycles. The number of aliphatic hydroxyl groups excluding tert-OH is 1. The largest absolute Gasteiger partial charge is 0.465 e. The minimum atomic E-state index is -1.30. The highest BCUT2D eigenvalue weighted by Crippen LogP contribution is 2.38. The fraction of sp³-hybridized carbons (Fsp3) is 0.565. The zero-order valence-corrected chi connectivity index (χ0v) is 19.0. The van der Waals surface area contributed by atoms with Crippen molar-refractivity contribution in [3.05, 3.63) is 29.8 Å². The van der Waals surface area contributed by atoms with Gasteiger partial charge >= 0.3 is 12.0 Å². The summed E-state index contributed by atoms with van der Waals surface area (Å²) in [6, 6.07) is 5.05. The minimum Gasteiger partial charge on any atom is -0.465 e. The molecule has 1 aromatic rings. The summed E-state index contributed by atoms with van der Waals surface area (Å²) in [6.45, 7) is 1.98. The van der Waals surface area contributed by atoms with Crippen LogP contribution < -0.4 is 21.7 Å². The van der Waals surface area contributed by atoms with Crippen molar-refractivity contribution in [1.82, 2.24) is 10.6 Å². The fourth-order valence-corrected chi connectivity index (χ4v) is 3.95. The first-order valence-corrected chi connectivity index (χ1v) is 11.3. The molecule has 1 aliphatic rings. The van der Waals surface area contributed by atoms with Gasteiger partial charge in [0.05, 0.1) is 13.2 Å². The number of benzene rings is 1. The van der Waals surface area contributed by atoms with Crippen LogP contribution in [0.3, 0.4) is 0 Å². The molecular formula is C23H34N4O6. The van der Waals surface area contributed by atoms with E-state index in [0.717, 1.165) is 19.3 Å². The van der Waals surface area contributed by atoms with Crippen LogP contribution in [0.15, 0.2) is 24.3 Å². The molecular weight excluding hydrogens is 428 g/mol. The number of ether oxygens (including phenoxy) is 1. The van der Waals surface area contributed by atoms with Crippen LogP contribution in [0.5, 0.6) is 0 Å². The number of carbonyl (C=O) groups is 4. The van der Waals surface area contributed by atoms with E-state index < -0.39 is 35.3 Å². The molecule has 1 unspecified atom stereocenters. The summed E-state index contributed by atoms with van der Waals surface area (Å²) < 4.78 is 5.21. The third-order valence-corrected chi connectivity index (χ3v) is 5.80. The van der Waals surface area contributed by atoms with Gasteiger partial charge in [0.25, 0.3) is 0 Å². The van der Waals surface area contributed by atoms with Gasteiger partial charge in [0.2, 0.25) is 11.8 Å². The number of rotatable bonds is 11. The number of primary amides is 1. The maximum atomic E-state index is 13.3. The van der Waals surface area contributed by atoms with Crippen molar-refractivity contribution in [3.8, 4) is 0 Å². The van der Waals surface area contributed by atoms with Gasteiger partial charge in [-0.05, 0) is 50.3 Å². The van der Waals surface area contributed by atoms with Crippen molar-refractivity contribution in [2.24, 2.45) is 11.1 Å². The first kappa shape index (κ1) is 26.1. The number of aliphatic hydroxyl groups is 1. The summed E-state index contributed by atoms with van der Waals surface area (Å²) in [6.07, 6.45) is 3.74. The van der Waals surface area contributed by atoms with E-state index in [4.69, 9.17) is 10.5 Å². The van der Waals surface area contributed by atoms with Gasteiger partial charge in [0, 0.05) is 12.2 Å². The molecule has 1 aliphatic carbocycles. The van der Waals surface area contributed by atoms with Crippen LogP contribution in [0, 0.1) is 5.41 Å². The number of amides is 4. The van der Waals surface area contributed by atoms with E-state index in [1.165, 1.54) is 0 Å². The van der Waals surface area contributed by atoms with Crippen molar-refractivity contribution < 1.29 is 29.0 Å². The van der Waals surface area contributed by atoms with Gasteiger partial charge in [-0.15, -0.1) is 0 Å². The lowest BCUT2D eigenvalue weighted by Gasteiger charge is -2.34. The van der Waals surface area contributed by atoms with Crippen molar-refractivity contribution in [2.75, 3.05) is 18.5 Å². The van der Waals surface area contributed by atoms with E-state index in [1.54, 1.807) is 31.2 Å². The highest BCUT2D eigenvalue weighted by atomic mass is 16.5. The molecule has 0 bridgehead atoms. The normalized spacial score (nSPS) is 15.7. The molecule has 1 fully saturated rings. The molecule has 0 heterocycles. The summed E-state index contributed by atoms with van der Waals surface area (Å²) in [4.78, 5) is 50.0. The predicted octanol–water partition coefficient (Wildman–Crippen LogP) is 1.56. The quantitative estimate of drug-likeness (QED) is 0.191. The van der Waals surface area contributed by atoms with Crippen molar-refractivity contribution in [3.63, 3.8) is 0 Å². The zero-order chi connectivity index (χ0) is 24.3. The number of anilines is 1. The second-order valence-electron chi connectivity index (χ2n) is 8.17. The van der Waals surface area contributed by atoms with Crippen molar-refractivity contribution in [1.29, 1.82) is 0 Å². The van der Waals surface area contributed by atoms with Gasteiger partial charge in [0.15, 0.2) is 0 Å². The third-order valence-electron chi connectivity index (χ3n) is 5.80. The molecule has 0 spiro atoms. The van der Waals surface area contributed by atoms with Gasteiger partial charge < -0.3 is 31.5 Å². The standard InChI is InChI=1S/C23H34N4O6/c1-2-33-21(31)23(12-4-3-5-13-23)20(30)27-18(7-6-14-25-22(24)32)19(29)26-17-10-8-16(15-28)9-11-17/h8-11,18,28H,2-7,12-15H2,1H3,(H,26,29)(H,27,30)(H3,24,25,32). The van der Waals surface area contributed by atoms with E-state index in [-0.39, 0.29) is 26.2 Å². The fourth-order valence-electron chi connectivity index (χ4n) is 3.95. The molecule has 182 valence electrons. The van der Waals surface area contributed by atoms with Gasteiger partial charge in [-0.1, -0.05) is 31.4 Å². The minimum absolute atomic E-state index is 0.115. The molecule has 2 rings (SSSR count). The lowest BCUT2D eigenvalue weighted by Crippen LogP contribution is -2.54. The van der Waals surface area contributed by atoms with E-state index >= 15 is 0 Å². The molecule has 1 atom stereocenters. The summed E-state index contributed by atoms with van der Waals surface area (Å²) >= 11 is 0. The molecule has 6 N–H and O–H groups in total. The first-order valence-electron chi connectivity index (χ1n) is 11.3. The topological polar surface area (TPSA) is 160 Å². The highest BCUT2D eigenvalue weighted by molar-refractivity contribution is 6.05. The zero-order valence-electron chi connectivity index (χ0n) is 19.0. The molecule has 4 amide bonds. The van der Waals surface area contributed by atoms with Gasteiger partial charge in [-0.3, -0.25) is 14.4 Å². The monoisotopic (exact) mass is 462 g/mol. The lowest BCUT2D eigenvalue weighted by atomic mass is 9.73. The Morgan fingerprint density at radius 2 is 1.79 bits per heavy atom. The van der Waals surface area contributed by atoms with Crippen LogP contribution >= 0.6 is 0 Å². The molecule has 0 aromatic heterocycles. The number of hydrogen-bond acceptors (Lipinski definition) is 6. The SMILES string of the molecule is CCOC(=O)C1(C(=O)NC(CCCNC(N)=O)C(=O)Nc2ccc(CO)cc2)CCCCC1. The van der Waals surface area contributed by atoms with Crippen LogP contribution in [0.1, 0.15) is 57.4 Å². The van der Waals surface area contributed by atoms with E-state index in [0.29, 0.717) is 30.5 Å². The van der Waals surface area contributed by atoms with Crippen molar-refractivity contribution in [2.45, 2.75) is 64.5 Å². The second-order valence-corrected chi connectivity index (χ2v) is 8.17. The summed E-state index contributed by atoms with van der Waals surface area (Å²) in [7, 11) is 0. The molecule has 0 radical (unpaired) electrons. The Balaban J connectivity index is 2.16. The number of esters is 1. The lowest BCUT2D eigenvalue weighted by molar-refractivity contribution is -0.164. The Morgan fingerprint density at radius 1 is 1.12 bits per heavy atom. The number of hydrogen-bond donors (Lipinski definition) is 5. The Hall–Kier alpha value is -3.14. The first-order chi connectivity index (χ1) is 15.8. The smallest absolute Gasteiger partial charge is 0.321 e. The van der Waals surface area contributed by atoms with Crippen LogP contribution in [0.2, 0.25) is 0 Å². The number of carbonyl (C=O) groups excluding carboxylic acids is 4. The average Bonchev–Trinajstić information content (AvgIpc) is 2.81. The van der Waals surface area contributed by atoms with Gasteiger partial charge in [-0.25, -0.2) is 4.79 Å². The maximum absolute atomic E-state index is 13.3. The molecule has 10 heteroatoms. The Morgan fingerprint density at radius 3 is 2.36 bits per heavy atom. The third kappa shape index (κ3) is 7.45. The van der Waals surface area contributed by atoms with Crippen LogP contribution in [0.4, 0.5) is 10.5 Å². The van der Waals surface area contributed by atoms with Gasteiger partial charge in [-0.2, -0.15) is 0 Å². The molecule has 1 aromatic carbocycles. The second kappa shape index (κ2) is 12.8. The summed E-state index contributed by atoms with van der Waals surface area (Å²) in [5.41, 5.74) is 4.98. The molecule has 0 saturated heterocycles. The molecule has 33 heavy (non-hydrogen) atoms. The molecule has 1 saturated carbocycles. The number of urea groups is 1. The van der Waals surface area contributed by atoms with Gasteiger partial charge in [0.1, 0.15) is 11.5 Å². The van der Waals surface area contributed by atoms with E-state index in [1.807, 2.05) is 0 Å². The van der Waals surface area contributed by atoms with Crippen LogP contribution in [-0.2, 0) is 25.7 Å². The summed E-state index contributed by atoms with van der Waals surface area (Å²) in [5, 5.41) is 17.2. The predicted molar refractivity (Wildman–Crippen MR) is 122 cm³/mol. The number of nitrogens with two attached hydrogens (primary N) is 1.